The lowest BCUT2D eigenvalue weighted by atomic mass is 9.86. The summed E-state index contributed by atoms with van der Waals surface area (Å²) in [6.07, 6.45) is -21.3. The fourth-order valence-corrected chi connectivity index (χ4v) is 3.04. The molecule has 24 heteroatoms. The summed E-state index contributed by atoms with van der Waals surface area (Å²) in [5.41, 5.74) is 0. The van der Waals surface area contributed by atoms with Crippen LogP contribution in [0.25, 0.3) is 0 Å². The Morgan fingerprint density at radius 3 is 1.37 bits per heavy atom. The van der Waals surface area contributed by atoms with E-state index >= 15 is 0 Å². The molecule has 0 bridgehead atoms. The zero-order valence-electron chi connectivity index (χ0n) is 20.2. The van der Waals surface area contributed by atoms with Crippen LogP contribution in [0.5, 0.6) is 0 Å². The van der Waals surface area contributed by atoms with E-state index in [0.717, 1.165) is 0 Å². The zero-order valence-corrected chi connectivity index (χ0v) is 20.2. The lowest BCUT2D eigenvalue weighted by Gasteiger charge is -2.43. The van der Waals surface area contributed by atoms with E-state index in [9.17, 15) is 87.8 Å². The summed E-state index contributed by atoms with van der Waals surface area (Å²) in [4.78, 5) is 0. The van der Waals surface area contributed by atoms with Gasteiger partial charge in [0.25, 0.3) is 0 Å². The van der Waals surface area contributed by atoms with Gasteiger partial charge in [-0.15, -0.1) is 0 Å². The summed E-state index contributed by atoms with van der Waals surface area (Å²) in [6, 6.07) is 0. The van der Waals surface area contributed by atoms with Crippen LogP contribution >= 0.6 is 0 Å². The molecule has 2 aliphatic heterocycles. The third-order valence-electron chi connectivity index (χ3n) is 5.88. The summed E-state index contributed by atoms with van der Waals surface area (Å²) in [5.74, 6) is -65.8. The van der Waals surface area contributed by atoms with Crippen LogP contribution in [0, 0.1) is 0 Å². The van der Waals surface area contributed by atoms with Gasteiger partial charge in [0.1, 0.15) is 12.2 Å². The van der Waals surface area contributed by atoms with E-state index in [2.05, 4.69) is 14.2 Å². The first-order chi connectivity index (χ1) is 18.9. The molecule has 0 saturated carbocycles. The molecule has 4 nitrogen and oxygen atoms in total. The minimum absolute atomic E-state index is 0.0614. The van der Waals surface area contributed by atoms with E-state index < -0.39 is 104 Å². The van der Waals surface area contributed by atoms with Gasteiger partial charge in [0.05, 0.1) is 39.1 Å². The van der Waals surface area contributed by atoms with Crippen molar-refractivity contribution in [1.29, 1.82) is 0 Å². The van der Waals surface area contributed by atoms with Crippen molar-refractivity contribution in [3.8, 4) is 0 Å². The van der Waals surface area contributed by atoms with E-state index in [1.807, 2.05) is 0 Å². The fourth-order valence-electron chi connectivity index (χ4n) is 3.04. The lowest BCUT2D eigenvalue weighted by molar-refractivity contribution is -0.451. The van der Waals surface area contributed by atoms with Crippen molar-refractivity contribution in [2.45, 2.75) is 84.5 Å². The Kier molecular flexibility index (Phi) is 9.93. The number of epoxide rings is 2. The normalized spacial score (nSPS) is 22.9. The molecule has 2 fully saturated rings. The van der Waals surface area contributed by atoms with Crippen LogP contribution in [0.15, 0.2) is 0 Å². The van der Waals surface area contributed by atoms with Crippen molar-refractivity contribution in [3.05, 3.63) is 0 Å². The summed E-state index contributed by atoms with van der Waals surface area (Å²) >= 11 is 0. The topological polar surface area (TPSA) is 43.5 Å². The predicted molar refractivity (Wildman–Crippen MR) is 95.2 cm³/mol. The maximum absolute atomic E-state index is 14.3. The molecule has 0 spiro atoms. The molecule has 0 radical (unpaired) electrons. The van der Waals surface area contributed by atoms with E-state index in [4.69, 9.17) is 4.74 Å². The highest BCUT2D eigenvalue weighted by Crippen LogP contribution is 2.64. The summed E-state index contributed by atoms with van der Waals surface area (Å²) in [5, 5.41) is 0. The first kappa shape index (κ1) is 37.6. The molecule has 0 aromatic rings. The molecule has 4 unspecified atom stereocenters. The largest absolute Gasteiger partial charge is 0.456 e. The van der Waals surface area contributed by atoms with Crippen LogP contribution in [0.4, 0.5) is 87.8 Å². The minimum atomic E-state index is -8.91. The first-order valence-corrected chi connectivity index (χ1v) is 11.1. The van der Waals surface area contributed by atoms with E-state index in [-0.39, 0.29) is 13.2 Å². The lowest BCUT2D eigenvalue weighted by Crippen LogP contribution is -2.75. The molecular formula is C19H16F20O4. The average molecular weight is 688 g/mol. The van der Waals surface area contributed by atoms with Gasteiger partial charge < -0.3 is 18.9 Å². The number of alkyl halides is 20. The van der Waals surface area contributed by atoms with Gasteiger partial charge in [-0.2, -0.15) is 83.4 Å². The summed E-state index contributed by atoms with van der Waals surface area (Å²) in [6.45, 7) is -2.44. The van der Waals surface area contributed by atoms with Gasteiger partial charge in [0.2, 0.25) is 6.17 Å². The van der Waals surface area contributed by atoms with Crippen molar-refractivity contribution < 1.29 is 107 Å². The van der Waals surface area contributed by atoms with E-state index in [1.54, 1.807) is 0 Å². The standard InChI is InChI=1S/C19H16F20O4/c20-10(13(25,26)19(37,38)39)12(23,24)15(29,30)17(33,34)18(35,36)16(31,32)14(27,28)11(21,22)1-7(41-5-9-6-43-9)2-40-3-8-4-42-8/h7-10H,1-6H2. The monoisotopic (exact) mass is 688 g/mol. The van der Waals surface area contributed by atoms with Gasteiger partial charge >= 0.3 is 53.6 Å². The van der Waals surface area contributed by atoms with Crippen LogP contribution in [0.1, 0.15) is 6.42 Å². The Labute approximate surface area is 225 Å². The Bertz CT molecular complexity index is 958. The second-order valence-electron chi connectivity index (χ2n) is 9.29. The van der Waals surface area contributed by atoms with Gasteiger partial charge in [-0.05, 0) is 0 Å². The Balaban J connectivity index is 2.41. The Morgan fingerprint density at radius 2 is 0.953 bits per heavy atom. The number of rotatable bonds is 17. The van der Waals surface area contributed by atoms with Crippen molar-refractivity contribution in [2.24, 2.45) is 0 Å². The Hall–Kier alpha value is -1.56. The smallest absolute Gasteiger partial charge is 0.376 e. The molecular weight excluding hydrogens is 672 g/mol. The predicted octanol–water partition coefficient (Wildman–Crippen LogP) is 6.56. The maximum atomic E-state index is 14.3. The summed E-state index contributed by atoms with van der Waals surface area (Å²) in [7, 11) is 0. The third kappa shape index (κ3) is 6.56. The molecule has 2 aliphatic rings. The molecule has 256 valence electrons. The van der Waals surface area contributed by atoms with Gasteiger partial charge in [0, 0.05) is 6.42 Å². The van der Waals surface area contributed by atoms with Crippen molar-refractivity contribution >= 4 is 0 Å². The van der Waals surface area contributed by atoms with Crippen LogP contribution in [-0.4, -0.2) is 111 Å². The van der Waals surface area contributed by atoms with Crippen LogP contribution in [0.3, 0.4) is 0 Å². The molecule has 0 N–H and O–H groups in total. The minimum Gasteiger partial charge on any atom is -0.376 e. The third-order valence-corrected chi connectivity index (χ3v) is 5.88. The zero-order chi connectivity index (χ0) is 33.9. The van der Waals surface area contributed by atoms with Crippen LogP contribution in [0.2, 0.25) is 0 Å². The van der Waals surface area contributed by atoms with Gasteiger partial charge in [-0.25, -0.2) is 4.39 Å². The molecule has 2 heterocycles. The summed E-state index contributed by atoms with van der Waals surface area (Å²) < 4.78 is 289. The van der Waals surface area contributed by atoms with E-state index in [0.29, 0.717) is 0 Å². The van der Waals surface area contributed by atoms with E-state index in [1.165, 1.54) is 0 Å². The highest BCUT2D eigenvalue weighted by molar-refractivity contribution is 5.16. The average Bonchev–Trinajstić information content (AvgIpc) is 3.75. The van der Waals surface area contributed by atoms with Gasteiger partial charge in [-0.3, -0.25) is 0 Å². The molecule has 0 aliphatic carbocycles. The number of hydrogen-bond donors (Lipinski definition) is 0. The number of hydrogen-bond acceptors (Lipinski definition) is 4. The maximum Gasteiger partial charge on any atom is 0.456 e. The van der Waals surface area contributed by atoms with Crippen molar-refractivity contribution in [3.63, 3.8) is 0 Å². The molecule has 0 aromatic heterocycles. The Morgan fingerprint density at radius 1 is 0.558 bits per heavy atom. The quantitative estimate of drug-likeness (QED) is 0.128. The SMILES string of the molecule is FC(C(F)(F)C(F)(F)F)C(F)(F)C(F)(F)C(F)(F)C(F)(F)C(F)(F)C(F)(F)C(F)(F)CC(COCC1CO1)OCC1CO1. The molecule has 2 rings (SSSR count). The first-order valence-electron chi connectivity index (χ1n) is 11.1. The number of ether oxygens (including phenoxy) is 4. The fraction of sp³-hybridized carbons (Fsp3) is 1.00. The molecule has 43 heavy (non-hydrogen) atoms. The molecule has 4 atom stereocenters. The highest BCUT2D eigenvalue weighted by atomic mass is 19.4. The van der Waals surface area contributed by atoms with Crippen LogP contribution < -0.4 is 0 Å². The van der Waals surface area contributed by atoms with Crippen LogP contribution in [-0.2, 0) is 18.9 Å². The second kappa shape index (κ2) is 11.4. The van der Waals surface area contributed by atoms with Crippen molar-refractivity contribution in [2.75, 3.05) is 33.0 Å². The second-order valence-corrected chi connectivity index (χ2v) is 9.29. The van der Waals surface area contributed by atoms with Crippen molar-refractivity contribution in [1.82, 2.24) is 0 Å². The number of halogens is 20. The molecule has 2 saturated heterocycles. The van der Waals surface area contributed by atoms with Gasteiger partial charge in [-0.1, -0.05) is 0 Å². The highest BCUT2D eigenvalue weighted by Gasteiger charge is 2.94. The molecule has 0 amide bonds. The molecule has 0 aromatic carbocycles. The van der Waals surface area contributed by atoms with Gasteiger partial charge in [0.15, 0.2) is 0 Å².